The summed E-state index contributed by atoms with van der Waals surface area (Å²) in [6.07, 6.45) is 2.02. The molecule has 0 N–H and O–H groups in total. The molecule has 4 nitrogen and oxygen atoms in total. The minimum Gasteiger partial charge on any atom is -0.328 e. The van der Waals surface area contributed by atoms with Gasteiger partial charge in [0.25, 0.3) is 5.91 Å². The summed E-state index contributed by atoms with van der Waals surface area (Å²) in [6.45, 7) is 3.62. The smallest absolute Gasteiger partial charge is 0.270 e. The van der Waals surface area contributed by atoms with Crippen LogP contribution in [0.3, 0.4) is 0 Å². The molecule has 0 aromatic rings. The number of alkyl halides is 4. The molecule has 1 aliphatic rings. The molecule has 3 atom stereocenters. The molecule has 0 spiro atoms. The first-order valence-electron chi connectivity index (χ1n) is 6.90. The quantitative estimate of drug-likeness (QED) is 0.533. The average molecular weight is 390 g/mol. The van der Waals surface area contributed by atoms with Gasteiger partial charge in [-0.3, -0.25) is 9.59 Å². The Kier molecular flexibility index (Phi) is 7.31. The van der Waals surface area contributed by atoms with Crippen LogP contribution in [0, 0.1) is 11.8 Å². The van der Waals surface area contributed by atoms with Gasteiger partial charge in [0, 0.05) is 20.0 Å². The van der Waals surface area contributed by atoms with Gasteiger partial charge in [-0.05, 0) is 18.4 Å². The molecule has 1 fully saturated rings. The minimum absolute atomic E-state index is 0.111. The molecule has 1 heterocycles. The SMILES string of the molecule is C[C@@H](/C=C1\C(=O)N(C)C(C[C@H](C)C(Cl)Cl)C(=O)N1C)C(Cl)Cl. The molecular weight excluding hydrogens is 370 g/mol. The van der Waals surface area contributed by atoms with E-state index in [9.17, 15) is 9.59 Å². The summed E-state index contributed by atoms with van der Waals surface area (Å²) < 4.78 is 0. The van der Waals surface area contributed by atoms with Crippen LogP contribution in [0.5, 0.6) is 0 Å². The van der Waals surface area contributed by atoms with Crippen LogP contribution in [0.1, 0.15) is 20.3 Å². The lowest BCUT2D eigenvalue weighted by Crippen LogP contribution is -2.56. The van der Waals surface area contributed by atoms with Gasteiger partial charge in [0.05, 0.1) is 0 Å². The number of carbonyl (C=O) groups is 2. The fourth-order valence-corrected chi connectivity index (χ4v) is 2.54. The number of rotatable bonds is 5. The first-order chi connectivity index (χ1) is 10.1. The van der Waals surface area contributed by atoms with Crippen LogP contribution < -0.4 is 0 Å². The molecule has 1 aliphatic heterocycles. The molecule has 1 saturated heterocycles. The van der Waals surface area contributed by atoms with Crippen LogP contribution in [0.2, 0.25) is 0 Å². The molecule has 1 unspecified atom stereocenters. The van der Waals surface area contributed by atoms with Crippen molar-refractivity contribution in [2.75, 3.05) is 14.1 Å². The number of carbonyl (C=O) groups excluding carboxylic acids is 2. The van der Waals surface area contributed by atoms with E-state index in [4.69, 9.17) is 46.4 Å². The molecule has 1 rings (SSSR count). The van der Waals surface area contributed by atoms with Crippen molar-refractivity contribution in [3.8, 4) is 0 Å². The first kappa shape index (κ1) is 19.9. The van der Waals surface area contributed by atoms with Gasteiger partial charge in [-0.2, -0.15) is 0 Å². The number of nitrogens with zero attached hydrogens (tertiary/aromatic N) is 2. The number of likely N-dealkylation sites (N-methyl/N-ethyl adjacent to an activating group) is 2. The van der Waals surface area contributed by atoms with Crippen LogP contribution in [0.25, 0.3) is 0 Å². The number of amides is 2. The Balaban J connectivity index is 3.02. The maximum absolute atomic E-state index is 12.5. The molecule has 22 heavy (non-hydrogen) atoms. The first-order valence-corrected chi connectivity index (χ1v) is 8.65. The number of hydrogen-bond acceptors (Lipinski definition) is 2. The molecule has 126 valence electrons. The summed E-state index contributed by atoms with van der Waals surface area (Å²) in [5, 5.41) is 0. The molecule has 2 amide bonds. The largest absolute Gasteiger partial charge is 0.328 e. The Morgan fingerprint density at radius 2 is 1.64 bits per heavy atom. The van der Waals surface area contributed by atoms with Gasteiger partial charge < -0.3 is 9.80 Å². The molecule has 0 bridgehead atoms. The number of allylic oxidation sites excluding steroid dienone is 1. The Hall–Kier alpha value is -0.160. The highest BCUT2D eigenvalue weighted by molar-refractivity contribution is 6.44. The van der Waals surface area contributed by atoms with Gasteiger partial charge in [-0.15, -0.1) is 46.4 Å². The van der Waals surface area contributed by atoms with E-state index in [0.717, 1.165) is 0 Å². The second-order valence-electron chi connectivity index (χ2n) is 5.62. The Morgan fingerprint density at radius 1 is 1.09 bits per heavy atom. The summed E-state index contributed by atoms with van der Waals surface area (Å²) in [5.74, 6) is -0.792. The zero-order valence-corrected chi connectivity index (χ0v) is 15.9. The van der Waals surface area contributed by atoms with Crippen molar-refractivity contribution in [3.63, 3.8) is 0 Å². The third-order valence-electron chi connectivity index (χ3n) is 3.83. The highest BCUT2D eigenvalue weighted by atomic mass is 35.5. The van der Waals surface area contributed by atoms with Crippen LogP contribution >= 0.6 is 46.4 Å². The minimum atomic E-state index is -0.653. The van der Waals surface area contributed by atoms with Gasteiger partial charge in [0.15, 0.2) is 0 Å². The van der Waals surface area contributed by atoms with Crippen LogP contribution in [-0.2, 0) is 9.59 Å². The molecular formula is C14H20Cl4N2O2. The van der Waals surface area contributed by atoms with E-state index in [1.807, 2.05) is 6.92 Å². The molecule has 0 saturated carbocycles. The van der Waals surface area contributed by atoms with Crippen LogP contribution in [-0.4, -0.2) is 51.4 Å². The monoisotopic (exact) mass is 388 g/mol. The van der Waals surface area contributed by atoms with E-state index >= 15 is 0 Å². The lowest BCUT2D eigenvalue weighted by Gasteiger charge is -2.39. The Morgan fingerprint density at radius 3 is 2.09 bits per heavy atom. The highest BCUT2D eigenvalue weighted by Gasteiger charge is 2.40. The van der Waals surface area contributed by atoms with Crippen molar-refractivity contribution in [1.82, 2.24) is 9.80 Å². The fraction of sp³-hybridized carbons (Fsp3) is 0.714. The summed E-state index contributed by atoms with van der Waals surface area (Å²) in [4.78, 5) is 26.6. The third kappa shape index (κ3) is 4.44. The van der Waals surface area contributed by atoms with Crippen molar-refractivity contribution in [1.29, 1.82) is 0 Å². The molecule has 0 aromatic carbocycles. The van der Waals surface area contributed by atoms with Crippen molar-refractivity contribution >= 4 is 58.2 Å². The highest BCUT2D eigenvalue weighted by Crippen LogP contribution is 2.28. The predicted molar refractivity (Wildman–Crippen MR) is 91.3 cm³/mol. The van der Waals surface area contributed by atoms with Gasteiger partial charge >= 0.3 is 0 Å². The van der Waals surface area contributed by atoms with Gasteiger partial charge in [0.1, 0.15) is 21.4 Å². The van der Waals surface area contributed by atoms with Crippen molar-refractivity contribution in [3.05, 3.63) is 11.8 Å². The molecule has 0 aromatic heterocycles. The van der Waals surface area contributed by atoms with E-state index in [1.54, 1.807) is 27.1 Å². The Bertz CT molecular complexity index is 468. The second kappa shape index (κ2) is 8.09. The normalized spacial score (nSPS) is 24.6. The predicted octanol–water partition coefficient (Wildman–Crippen LogP) is 3.44. The lowest BCUT2D eigenvalue weighted by molar-refractivity contribution is -0.149. The number of piperazine rings is 1. The van der Waals surface area contributed by atoms with E-state index in [-0.39, 0.29) is 29.3 Å². The third-order valence-corrected chi connectivity index (χ3v) is 5.48. The summed E-state index contributed by atoms with van der Waals surface area (Å²) >= 11 is 23.3. The topological polar surface area (TPSA) is 40.6 Å². The maximum Gasteiger partial charge on any atom is 0.270 e. The van der Waals surface area contributed by atoms with E-state index in [1.165, 1.54) is 9.80 Å². The number of hydrogen-bond donors (Lipinski definition) is 0. The van der Waals surface area contributed by atoms with Crippen LogP contribution in [0.4, 0.5) is 0 Å². The van der Waals surface area contributed by atoms with Crippen molar-refractivity contribution in [2.45, 2.75) is 36.0 Å². The zero-order chi connectivity index (χ0) is 17.2. The molecule has 0 aliphatic carbocycles. The second-order valence-corrected chi connectivity index (χ2v) is 7.95. The van der Waals surface area contributed by atoms with Crippen LogP contribution in [0.15, 0.2) is 11.8 Å². The standard InChI is InChI=1S/C14H20Cl4N2O2/c1-7(11(15)16)5-9-13(21)20(4)10(14(22)19(9)3)6-8(2)12(17)18/h5,7-8,10-12H,6H2,1-4H3/b9-5+/t7-,8-,10?/m0/s1. The average Bonchev–Trinajstić information content (AvgIpc) is 2.45. The van der Waals surface area contributed by atoms with Gasteiger partial charge in [0.2, 0.25) is 5.91 Å². The van der Waals surface area contributed by atoms with E-state index < -0.39 is 15.7 Å². The lowest BCUT2D eigenvalue weighted by atomic mass is 9.97. The van der Waals surface area contributed by atoms with Gasteiger partial charge in [-0.1, -0.05) is 13.8 Å². The fourth-order valence-electron chi connectivity index (χ4n) is 2.19. The molecule has 0 radical (unpaired) electrons. The molecule has 8 heteroatoms. The van der Waals surface area contributed by atoms with Gasteiger partial charge in [-0.25, -0.2) is 0 Å². The van der Waals surface area contributed by atoms with E-state index in [0.29, 0.717) is 6.42 Å². The maximum atomic E-state index is 12.5. The summed E-state index contributed by atoms with van der Waals surface area (Å²) in [6, 6.07) is -0.581. The van der Waals surface area contributed by atoms with Crippen molar-refractivity contribution in [2.24, 2.45) is 11.8 Å². The Labute approximate surface area is 151 Å². The summed E-state index contributed by atoms with van der Waals surface area (Å²) in [7, 11) is 3.17. The summed E-state index contributed by atoms with van der Waals surface area (Å²) in [5.41, 5.74) is 0.281. The van der Waals surface area contributed by atoms with Crippen molar-refractivity contribution < 1.29 is 9.59 Å². The zero-order valence-electron chi connectivity index (χ0n) is 12.9. The van der Waals surface area contributed by atoms with E-state index in [2.05, 4.69) is 0 Å². The number of halogens is 4.